The molecule has 0 aliphatic carbocycles. The first-order chi connectivity index (χ1) is 9.29. The van der Waals surface area contributed by atoms with Gasteiger partial charge >= 0.3 is 0 Å². The Bertz CT molecular complexity index is 576. The van der Waals surface area contributed by atoms with Crippen LogP contribution in [0.4, 0.5) is 0 Å². The van der Waals surface area contributed by atoms with E-state index in [9.17, 15) is 0 Å². The average Bonchev–Trinajstić information content (AvgIpc) is 2.84. The van der Waals surface area contributed by atoms with E-state index in [1.807, 2.05) is 23.7 Å². The molecule has 0 saturated heterocycles. The molecule has 2 aromatic rings. The van der Waals surface area contributed by atoms with Crippen molar-refractivity contribution in [3.8, 4) is 11.8 Å². The van der Waals surface area contributed by atoms with Crippen LogP contribution in [0.25, 0.3) is 0 Å². The van der Waals surface area contributed by atoms with Crippen molar-refractivity contribution in [3.05, 3.63) is 36.2 Å². The third-order valence-corrected chi connectivity index (χ3v) is 3.54. The van der Waals surface area contributed by atoms with E-state index >= 15 is 0 Å². The summed E-state index contributed by atoms with van der Waals surface area (Å²) in [7, 11) is 1.92. The Kier molecular flexibility index (Phi) is 4.81. The Balaban J connectivity index is 1.69. The number of hydrogen-bond acceptors (Lipinski definition) is 5. The maximum absolute atomic E-state index is 8.78. The predicted molar refractivity (Wildman–Crippen MR) is 73.0 cm³/mol. The van der Waals surface area contributed by atoms with Crippen molar-refractivity contribution in [3.63, 3.8) is 0 Å². The standard InChI is InChI=1S/C13H14N4OS/c1-17-10-15-16-13(17)19-7-3-6-18-12-5-2-4-11(8-12)9-14/h2,4-5,8,10H,3,6-7H2,1H3. The third kappa shape index (κ3) is 4.00. The largest absolute Gasteiger partial charge is 0.494 e. The maximum atomic E-state index is 8.78. The van der Waals surface area contributed by atoms with Crippen molar-refractivity contribution in [2.45, 2.75) is 11.6 Å². The van der Waals surface area contributed by atoms with Crippen molar-refractivity contribution in [2.24, 2.45) is 7.05 Å². The zero-order chi connectivity index (χ0) is 13.5. The van der Waals surface area contributed by atoms with Gasteiger partial charge in [-0.3, -0.25) is 0 Å². The summed E-state index contributed by atoms with van der Waals surface area (Å²) in [6.07, 6.45) is 2.60. The molecule has 0 saturated carbocycles. The van der Waals surface area contributed by atoms with Gasteiger partial charge in [-0.05, 0) is 24.6 Å². The summed E-state index contributed by atoms with van der Waals surface area (Å²) < 4.78 is 7.48. The number of aryl methyl sites for hydroxylation is 1. The molecule has 0 N–H and O–H groups in total. The van der Waals surface area contributed by atoms with Crippen molar-refractivity contribution < 1.29 is 4.74 Å². The minimum atomic E-state index is 0.617. The van der Waals surface area contributed by atoms with Crippen LogP contribution in [0, 0.1) is 11.3 Å². The van der Waals surface area contributed by atoms with E-state index in [-0.39, 0.29) is 0 Å². The van der Waals surface area contributed by atoms with E-state index in [1.165, 1.54) is 0 Å². The second kappa shape index (κ2) is 6.81. The average molecular weight is 274 g/mol. The molecule has 6 heteroatoms. The normalized spacial score (nSPS) is 10.1. The molecule has 0 fully saturated rings. The molecular formula is C13H14N4OS. The molecule has 98 valence electrons. The molecule has 1 heterocycles. The fourth-order valence-electron chi connectivity index (χ4n) is 1.47. The maximum Gasteiger partial charge on any atom is 0.190 e. The number of nitrogens with zero attached hydrogens (tertiary/aromatic N) is 4. The molecule has 0 aliphatic rings. The highest BCUT2D eigenvalue weighted by molar-refractivity contribution is 7.99. The molecule has 0 bridgehead atoms. The van der Waals surface area contributed by atoms with Gasteiger partial charge in [0.1, 0.15) is 12.1 Å². The predicted octanol–water partition coefficient (Wildman–Crippen LogP) is 2.25. The Morgan fingerprint density at radius 3 is 3.11 bits per heavy atom. The lowest BCUT2D eigenvalue weighted by atomic mass is 10.2. The van der Waals surface area contributed by atoms with Crippen LogP contribution in [0.3, 0.4) is 0 Å². The van der Waals surface area contributed by atoms with Gasteiger partial charge in [0, 0.05) is 12.8 Å². The highest BCUT2D eigenvalue weighted by Crippen LogP contribution is 2.16. The summed E-state index contributed by atoms with van der Waals surface area (Å²) in [5.74, 6) is 1.66. The minimum absolute atomic E-state index is 0.617. The number of nitriles is 1. The van der Waals surface area contributed by atoms with Crippen LogP contribution in [-0.4, -0.2) is 27.1 Å². The van der Waals surface area contributed by atoms with Crippen molar-refractivity contribution in [2.75, 3.05) is 12.4 Å². The van der Waals surface area contributed by atoms with Gasteiger partial charge in [0.15, 0.2) is 5.16 Å². The van der Waals surface area contributed by atoms with E-state index in [1.54, 1.807) is 30.2 Å². The van der Waals surface area contributed by atoms with E-state index in [2.05, 4.69) is 16.3 Å². The van der Waals surface area contributed by atoms with Crippen molar-refractivity contribution >= 4 is 11.8 Å². The lowest BCUT2D eigenvalue weighted by Gasteiger charge is -2.05. The lowest BCUT2D eigenvalue weighted by molar-refractivity contribution is 0.318. The van der Waals surface area contributed by atoms with Gasteiger partial charge in [-0.25, -0.2) is 0 Å². The fourth-order valence-corrected chi connectivity index (χ4v) is 2.27. The number of thioether (sulfide) groups is 1. The Morgan fingerprint density at radius 2 is 2.37 bits per heavy atom. The zero-order valence-electron chi connectivity index (χ0n) is 10.6. The van der Waals surface area contributed by atoms with Crippen LogP contribution in [0.1, 0.15) is 12.0 Å². The van der Waals surface area contributed by atoms with Gasteiger partial charge in [-0.1, -0.05) is 17.8 Å². The summed E-state index contributed by atoms with van der Waals surface area (Å²) in [6, 6.07) is 9.28. The van der Waals surface area contributed by atoms with Crippen LogP contribution in [0.5, 0.6) is 5.75 Å². The molecule has 1 aromatic carbocycles. The molecule has 1 aromatic heterocycles. The van der Waals surface area contributed by atoms with Gasteiger partial charge in [0.05, 0.1) is 18.2 Å². The number of ether oxygens (including phenoxy) is 1. The summed E-state index contributed by atoms with van der Waals surface area (Å²) in [5, 5.41) is 17.5. The van der Waals surface area contributed by atoms with Gasteiger partial charge in [-0.2, -0.15) is 5.26 Å². The van der Waals surface area contributed by atoms with Gasteiger partial charge < -0.3 is 9.30 Å². The minimum Gasteiger partial charge on any atom is -0.494 e. The summed E-state index contributed by atoms with van der Waals surface area (Å²) in [4.78, 5) is 0. The Hall–Kier alpha value is -2.00. The SMILES string of the molecule is Cn1cnnc1SCCCOc1cccc(C#N)c1. The van der Waals surface area contributed by atoms with Gasteiger partial charge in [0.25, 0.3) is 0 Å². The van der Waals surface area contributed by atoms with Crippen LogP contribution in [-0.2, 0) is 7.05 Å². The van der Waals surface area contributed by atoms with E-state index in [0.717, 1.165) is 23.1 Å². The van der Waals surface area contributed by atoms with Gasteiger partial charge in [0.2, 0.25) is 0 Å². The highest BCUT2D eigenvalue weighted by Gasteiger charge is 2.01. The topological polar surface area (TPSA) is 63.7 Å². The Morgan fingerprint density at radius 1 is 1.47 bits per heavy atom. The molecule has 5 nitrogen and oxygen atoms in total. The summed E-state index contributed by atoms with van der Waals surface area (Å²) >= 11 is 1.65. The molecule has 19 heavy (non-hydrogen) atoms. The molecule has 0 unspecified atom stereocenters. The first-order valence-corrected chi connectivity index (χ1v) is 6.88. The van der Waals surface area contributed by atoms with E-state index < -0.39 is 0 Å². The van der Waals surface area contributed by atoms with E-state index in [0.29, 0.717) is 12.2 Å². The van der Waals surface area contributed by atoms with Crippen LogP contribution in [0.2, 0.25) is 0 Å². The van der Waals surface area contributed by atoms with Gasteiger partial charge in [-0.15, -0.1) is 10.2 Å². The third-order valence-electron chi connectivity index (χ3n) is 2.42. The molecule has 0 radical (unpaired) electrons. The second-order valence-corrected chi connectivity index (χ2v) is 4.98. The summed E-state index contributed by atoms with van der Waals surface area (Å²) in [6.45, 7) is 0.625. The molecule has 0 aliphatic heterocycles. The van der Waals surface area contributed by atoms with Crippen LogP contribution in [0.15, 0.2) is 35.7 Å². The molecule has 0 atom stereocenters. The molecule has 0 amide bonds. The monoisotopic (exact) mass is 274 g/mol. The quantitative estimate of drug-likeness (QED) is 0.597. The lowest BCUT2D eigenvalue weighted by Crippen LogP contribution is -1.99. The smallest absolute Gasteiger partial charge is 0.190 e. The number of aromatic nitrogens is 3. The van der Waals surface area contributed by atoms with Crippen LogP contribution >= 0.6 is 11.8 Å². The highest BCUT2D eigenvalue weighted by atomic mass is 32.2. The van der Waals surface area contributed by atoms with E-state index in [4.69, 9.17) is 10.00 Å². The molecule has 2 rings (SSSR count). The zero-order valence-corrected chi connectivity index (χ0v) is 11.4. The summed E-state index contributed by atoms with van der Waals surface area (Å²) in [5.41, 5.74) is 0.617. The Labute approximate surface area is 116 Å². The number of rotatable bonds is 6. The fraction of sp³-hybridized carbons (Fsp3) is 0.308. The van der Waals surface area contributed by atoms with Crippen molar-refractivity contribution in [1.29, 1.82) is 5.26 Å². The second-order valence-electron chi connectivity index (χ2n) is 3.91. The number of hydrogen-bond donors (Lipinski definition) is 0. The number of benzene rings is 1. The van der Waals surface area contributed by atoms with Crippen molar-refractivity contribution in [1.82, 2.24) is 14.8 Å². The molecule has 0 spiro atoms. The molecular weight excluding hydrogens is 260 g/mol. The first kappa shape index (κ1) is 13.4. The van der Waals surface area contributed by atoms with Crippen LogP contribution < -0.4 is 4.74 Å². The first-order valence-electron chi connectivity index (χ1n) is 5.89.